The first kappa shape index (κ1) is 17.7. The second-order valence-corrected chi connectivity index (χ2v) is 6.74. The summed E-state index contributed by atoms with van der Waals surface area (Å²) in [5.74, 6) is 5.67. The summed E-state index contributed by atoms with van der Waals surface area (Å²) in [6.07, 6.45) is 0. The lowest BCUT2D eigenvalue weighted by Crippen LogP contribution is -2.24. The molecule has 0 bridgehead atoms. The molecule has 0 aliphatic carbocycles. The van der Waals surface area contributed by atoms with Crippen molar-refractivity contribution in [1.82, 2.24) is 9.88 Å². The van der Waals surface area contributed by atoms with Crippen LogP contribution in [-0.2, 0) is 14.8 Å². The Bertz CT molecular complexity index is 884. The first-order valence-corrected chi connectivity index (χ1v) is 8.57. The van der Waals surface area contributed by atoms with E-state index in [4.69, 9.17) is 4.52 Å². The zero-order valence-electron chi connectivity index (χ0n) is 13.5. The van der Waals surface area contributed by atoms with Gasteiger partial charge in [0.2, 0.25) is 15.9 Å². The molecule has 8 heteroatoms. The minimum Gasteiger partial charge on any atom is -0.360 e. The predicted octanol–water partition coefficient (Wildman–Crippen LogP) is 1.58. The molecule has 24 heavy (non-hydrogen) atoms. The Kier molecular flexibility index (Phi) is 5.39. The zero-order valence-corrected chi connectivity index (χ0v) is 14.3. The molecule has 0 radical (unpaired) electrons. The van der Waals surface area contributed by atoms with Crippen molar-refractivity contribution >= 4 is 21.6 Å². The summed E-state index contributed by atoms with van der Waals surface area (Å²) in [5, 5.41) is 6.28. The summed E-state index contributed by atoms with van der Waals surface area (Å²) < 4.78 is 31.6. The van der Waals surface area contributed by atoms with E-state index in [2.05, 4.69) is 27.0 Å². The van der Waals surface area contributed by atoms with Gasteiger partial charge in [-0.15, -0.1) is 0 Å². The van der Waals surface area contributed by atoms with Crippen LogP contribution in [-0.4, -0.2) is 26.0 Å². The van der Waals surface area contributed by atoms with E-state index < -0.39 is 10.0 Å². The van der Waals surface area contributed by atoms with E-state index in [0.717, 1.165) is 0 Å². The number of carbonyl (C=O) groups is 1. The molecule has 2 aromatic rings. The first-order valence-electron chi connectivity index (χ1n) is 7.08. The smallest absolute Gasteiger partial charge is 0.246 e. The Morgan fingerprint density at radius 3 is 2.46 bits per heavy atom. The molecule has 0 aliphatic rings. The molecule has 0 unspecified atom stereocenters. The molecule has 1 aromatic heterocycles. The van der Waals surface area contributed by atoms with Crippen LogP contribution in [0.4, 0.5) is 5.69 Å². The summed E-state index contributed by atoms with van der Waals surface area (Å²) in [6, 6.07) is 6.92. The average molecular weight is 347 g/mol. The largest absolute Gasteiger partial charge is 0.360 e. The highest BCUT2D eigenvalue weighted by Crippen LogP contribution is 2.18. The van der Waals surface area contributed by atoms with E-state index in [-0.39, 0.29) is 23.1 Å². The van der Waals surface area contributed by atoms with Crippen LogP contribution in [0.5, 0.6) is 0 Å². The van der Waals surface area contributed by atoms with E-state index in [0.29, 0.717) is 16.9 Å². The lowest BCUT2D eigenvalue weighted by atomic mass is 10.2. The number of anilines is 1. The molecular formula is C16H17N3O4S. The minimum absolute atomic E-state index is 0.0418. The standard InChI is InChI=1S/C16H17N3O4S/c1-11-16(12(2)23-19-11)24(21,22)17-10-4-5-14-6-8-15(9-7-14)18-13(3)20/h6-9,17H,10H2,1-3H3,(H,18,20). The van der Waals surface area contributed by atoms with E-state index in [1.54, 1.807) is 31.2 Å². The number of carbonyl (C=O) groups excluding carboxylic acids is 1. The van der Waals surface area contributed by atoms with Gasteiger partial charge in [0.15, 0.2) is 5.76 Å². The highest BCUT2D eigenvalue weighted by molar-refractivity contribution is 7.89. The maximum absolute atomic E-state index is 12.2. The van der Waals surface area contributed by atoms with Crippen molar-refractivity contribution in [3.05, 3.63) is 41.3 Å². The fourth-order valence-corrected chi connectivity index (χ4v) is 3.30. The molecule has 1 aromatic carbocycles. The van der Waals surface area contributed by atoms with Crippen LogP contribution in [0.3, 0.4) is 0 Å². The molecular weight excluding hydrogens is 330 g/mol. The molecule has 7 nitrogen and oxygen atoms in total. The number of aryl methyl sites for hydroxylation is 2. The lowest BCUT2D eigenvalue weighted by molar-refractivity contribution is -0.114. The molecule has 126 valence electrons. The number of aromatic nitrogens is 1. The van der Waals surface area contributed by atoms with Crippen molar-refractivity contribution in [3.8, 4) is 11.8 Å². The minimum atomic E-state index is -3.71. The molecule has 0 aliphatic heterocycles. The van der Waals surface area contributed by atoms with Crippen LogP contribution >= 0.6 is 0 Å². The summed E-state index contributed by atoms with van der Waals surface area (Å²) in [4.78, 5) is 11.0. The van der Waals surface area contributed by atoms with Crippen molar-refractivity contribution < 1.29 is 17.7 Å². The topological polar surface area (TPSA) is 101 Å². The van der Waals surface area contributed by atoms with Gasteiger partial charge in [-0.2, -0.15) is 4.72 Å². The van der Waals surface area contributed by atoms with Crippen LogP contribution in [0.1, 0.15) is 23.9 Å². The Balaban J connectivity index is 2.00. The number of hydrogen-bond acceptors (Lipinski definition) is 5. The maximum Gasteiger partial charge on any atom is 0.246 e. The van der Waals surface area contributed by atoms with Gasteiger partial charge in [-0.25, -0.2) is 8.42 Å². The van der Waals surface area contributed by atoms with Gasteiger partial charge >= 0.3 is 0 Å². The molecule has 0 fully saturated rings. The van der Waals surface area contributed by atoms with Gasteiger partial charge < -0.3 is 9.84 Å². The number of sulfonamides is 1. The van der Waals surface area contributed by atoms with Gasteiger partial charge in [-0.3, -0.25) is 4.79 Å². The van der Waals surface area contributed by atoms with Gasteiger partial charge in [0, 0.05) is 18.2 Å². The van der Waals surface area contributed by atoms with Gasteiger partial charge in [-0.05, 0) is 38.1 Å². The molecule has 2 rings (SSSR count). The van der Waals surface area contributed by atoms with Crippen LogP contribution in [0.2, 0.25) is 0 Å². The van der Waals surface area contributed by atoms with Crippen molar-refractivity contribution in [2.45, 2.75) is 25.7 Å². The second kappa shape index (κ2) is 7.29. The third kappa shape index (κ3) is 4.44. The molecule has 0 atom stereocenters. The fraction of sp³-hybridized carbons (Fsp3) is 0.250. The zero-order chi connectivity index (χ0) is 17.7. The second-order valence-electron chi connectivity index (χ2n) is 5.04. The Morgan fingerprint density at radius 1 is 1.25 bits per heavy atom. The monoisotopic (exact) mass is 347 g/mol. The third-order valence-corrected chi connectivity index (χ3v) is 4.67. The van der Waals surface area contributed by atoms with Crippen LogP contribution in [0.15, 0.2) is 33.7 Å². The van der Waals surface area contributed by atoms with Crippen molar-refractivity contribution in [3.63, 3.8) is 0 Å². The Morgan fingerprint density at radius 2 is 1.92 bits per heavy atom. The first-order chi connectivity index (χ1) is 11.3. The van der Waals surface area contributed by atoms with Crippen molar-refractivity contribution in [2.24, 2.45) is 0 Å². The number of hydrogen-bond donors (Lipinski definition) is 2. The molecule has 0 spiro atoms. The van der Waals surface area contributed by atoms with E-state index in [9.17, 15) is 13.2 Å². The Hall–Kier alpha value is -2.63. The highest BCUT2D eigenvalue weighted by Gasteiger charge is 2.23. The summed E-state index contributed by atoms with van der Waals surface area (Å²) in [7, 11) is -3.71. The van der Waals surface area contributed by atoms with Crippen LogP contribution in [0.25, 0.3) is 0 Å². The fourth-order valence-electron chi connectivity index (χ4n) is 2.05. The van der Waals surface area contributed by atoms with Crippen molar-refractivity contribution in [2.75, 3.05) is 11.9 Å². The van der Waals surface area contributed by atoms with Gasteiger partial charge in [0.25, 0.3) is 0 Å². The number of nitrogens with zero attached hydrogens (tertiary/aromatic N) is 1. The number of amides is 1. The summed E-state index contributed by atoms with van der Waals surface area (Å²) >= 11 is 0. The Labute approximate surface area is 140 Å². The van der Waals surface area contributed by atoms with Gasteiger partial charge in [-0.1, -0.05) is 17.0 Å². The molecule has 0 saturated heterocycles. The number of nitrogens with one attached hydrogen (secondary N) is 2. The molecule has 0 saturated carbocycles. The van der Waals surface area contributed by atoms with E-state index in [1.807, 2.05) is 0 Å². The summed E-state index contributed by atoms with van der Waals surface area (Å²) in [5.41, 5.74) is 1.69. The van der Waals surface area contributed by atoms with Gasteiger partial charge in [0.1, 0.15) is 10.6 Å². The average Bonchev–Trinajstić information content (AvgIpc) is 2.84. The highest BCUT2D eigenvalue weighted by atomic mass is 32.2. The molecule has 1 heterocycles. The quantitative estimate of drug-likeness (QED) is 0.818. The molecule has 2 N–H and O–H groups in total. The maximum atomic E-state index is 12.2. The molecule has 1 amide bonds. The lowest BCUT2D eigenvalue weighted by Gasteiger charge is -2.02. The number of rotatable bonds is 4. The van der Waals surface area contributed by atoms with Crippen molar-refractivity contribution in [1.29, 1.82) is 0 Å². The summed E-state index contributed by atoms with van der Waals surface area (Å²) in [6.45, 7) is 4.49. The van der Waals surface area contributed by atoms with E-state index >= 15 is 0 Å². The van der Waals surface area contributed by atoms with Gasteiger partial charge in [0.05, 0.1) is 6.54 Å². The predicted molar refractivity (Wildman–Crippen MR) is 88.8 cm³/mol. The van der Waals surface area contributed by atoms with Crippen LogP contribution in [0, 0.1) is 25.7 Å². The SMILES string of the molecule is CC(=O)Nc1ccc(C#CCNS(=O)(=O)c2c(C)noc2C)cc1. The van der Waals surface area contributed by atoms with E-state index in [1.165, 1.54) is 13.8 Å². The normalized spacial score (nSPS) is 10.8. The van der Waals surface area contributed by atoms with Crippen LogP contribution < -0.4 is 10.0 Å². The number of benzene rings is 1. The third-order valence-electron chi connectivity index (χ3n) is 3.03.